The first-order valence-electron chi connectivity index (χ1n) is 11.6. The molecule has 1 saturated carbocycles. The van der Waals surface area contributed by atoms with Crippen molar-refractivity contribution < 1.29 is 19.3 Å². The first kappa shape index (κ1) is 24.7. The van der Waals surface area contributed by atoms with Gasteiger partial charge >= 0.3 is 5.97 Å². The van der Waals surface area contributed by atoms with E-state index in [9.17, 15) is 14.6 Å². The summed E-state index contributed by atoms with van der Waals surface area (Å²) in [6.07, 6.45) is 8.39. The number of piperidine rings is 1. The number of likely N-dealkylation sites (tertiary alicyclic amines) is 1. The maximum atomic E-state index is 14.5. The molecule has 1 saturated heterocycles. The summed E-state index contributed by atoms with van der Waals surface area (Å²) in [6.45, 7) is 1.98. The Morgan fingerprint density at radius 2 is 2.03 bits per heavy atom. The maximum absolute atomic E-state index is 14.5. The molecular weight excluding hydrogens is 449 g/mol. The van der Waals surface area contributed by atoms with Crippen molar-refractivity contribution in [1.82, 2.24) is 15.2 Å². The van der Waals surface area contributed by atoms with Gasteiger partial charge in [0.25, 0.3) is 0 Å². The average Bonchev–Trinajstić information content (AvgIpc) is 3.66. The molecule has 2 fully saturated rings. The highest BCUT2D eigenvalue weighted by Crippen LogP contribution is 2.32. The molecule has 1 aromatic carbocycles. The van der Waals surface area contributed by atoms with Crippen molar-refractivity contribution in [2.24, 2.45) is 5.92 Å². The molecule has 184 valence electrons. The Hall–Kier alpha value is -3.45. The number of halogens is 1. The Morgan fingerprint density at radius 1 is 1.29 bits per heavy atom. The van der Waals surface area contributed by atoms with E-state index in [-0.39, 0.29) is 11.6 Å². The molecule has 0 bridgehead atoms. The molecular formula is C26H30FN5O3. The van der Waals surface area contributed by atoms with Crippen molar-refractivity contribution in [1.29, 1.82) is 5.41 Å². The smallest absolute Gasteiger partial charge is 0.354 e. The van der Waals surface area contributed by atoms with Crippen LogP contribution in [0.15, 0.2) is 36.7 Å². The number of ether oxygens (including phenoxy) is 1. The van der Waals surface area contributed by atoms with E-state index in [1.165, 1.54) is 24.4 Å². The second kappa shape index (κ2) is 10.4. The number of allylic oxidation sites excluding steroid dienone is 1. The van der Waals surface area contributed by atoms with E-state index in [2.05, 4.69) is 34.1 Å². The van der Waals surface area contributed by atoms with Gasteiger partial charge in [-0.25, -0.2) is 9.37 Å². The number of hydrogen-bond donors (Lipinski definition) is 5. The molecule has 0 spiro atoms. The topological polar surface area (TPSA) is 128 Å². The predicted octanol–water partition coefficient (Wildman–Crippen LogP) is 2.41. The standard InChI is InChI=1S/C26H30FN5O3/c1-32-10-8-21(9-11-32)30-16-20(14-28)19-13-24(25(29)31-15-19)35-26(33,34)22-12-18(6-7-23(22)27)5-4-17-2-3-17/h6-7,12-17,21,28,30,33-34H,2-3,8-11H2,1H3,(H2,29,31)/b20-16+,28-14?. The summed E-state index contributed by atoms with van der Waals surface area (Å²) in [5.74, 6) is 2.16. The highest BCUT2D eigenvalue weighted by molar-refractivity contribution is 6.08. The molecule has 6 N–H and O–H groups in total. The summed E-state index contributed by atoms with van der Waals surface area (Å²) in [7, 11) is 2.09. The fourth-order valence-electron chi connectivity index (χ4n) is 3.76. The quantitative estimate of drug-likeness (QED) is 0.234. The Labute approximate surface area is 204 Å². The van der Waals surface area contributed by atoms with E-state index in [4.69, 9.17) is 15.9 Å². The number of nitrogen functional groups attached to an aromatic ring is 1. The van der Waals surface area contributed by atoms with Crippen LogP contribution >= 0.6 is 0 Å². The van der Waals surface area contributed by atoms with Gasteiger partial charge in [0.2, 0.25) is 0 Å². The number of anilines is 1. The zero-order valence-electron chi connectivity index (χ0n) is 19.6. The molecule has 2 heterocycles. The summed E-state index contributed by atoms with van der Waals surface area (Å²) >= 11 is 0. The minimum Gasteiger partial charge on any atom is -0.432 e. The average molecular weight is 480 g/mol. The van der Waals surface area contributed by atoms with E-state index < -0.39 is 17.4 Å². The molecule has 0 radical (unpaired) electrons. The lowest BCUT2D eigenvalue weighted by atomic mass is 10.1. The number of pyridine rings is 1. The van der Waals surface area contributed by atoms with E-state index in [1.54, 1.807) is 6.20 Å². The van der Waals surface area contributed by atoms with Gasteiger partial charge < -0.3 is 36.3 Å². The lowest BCUT2D eigenvalue weighted by Gasteiger charge is -2.29. The van der Waals surface area contributed by atoms with Crippen LogP contribution in [0.25, 0.3) is 5.57 Å². The fraction of sp³-hybridized carbons (Fsp3) is 0.385. The van der Waals surface area contributed by atoms with Gasteiger partial charge in [-0.15, -0.1) is 0 Å². The van der Waals surface area contributed by atoms with Gasteiger partial charge in [0, 0.05) is 47.3 Å². The van der Waals surface area contributed by atoms with Crippen LogP contribution in [0.4, 0.5) is 10.2 Å². The van der Waals surface area contributed by atoms with Crippen LogP contribution < -0.4 is 15.8 Å². The zero-order valence-corrected chi connectivity index (χ0v) is 19.6. The highest BCUT2D eigenvalue weighted by Gasteiger charge is 2.34. The molecule has 0 amide bonds. The van der Waals surface area contributed by atoms with E-state index in [0.717, 1.165) is 51.1 Å². The lowest BCUT2D eigenvalue weighted by Crippen LogP contribution is -2.38. The number of nitrogens with one attached hydrogen (secondary N) is 2. The van der Waals surface area contributed by atoms with Crippen LogP contribution in [-0.4, -0.2) is 52.5 Å². The van der Waals surface area contributed by atoms with Gasteiger partial charge in [-0.3, -0.25) is 0 Å². The van der Waals surface area contributed by atoms with Crippen LogP contribution in [-0.2, 0) is 5.97 Å². The van der Waals surface area contributed by atoms with Gasteiger partial charge in [0.05, 0.1) is 5.56 Å². The predicted molar refractivity (Wildman–Crippen MR) is 132 cm³/mol. The van der Waals surface area contributed by atoms with Crippen molar-refractivity contribution in [2.75, 3.05) is 25.9 Å². The summed E-state index contributed by atoms with van der Waals surface area (Å²) < 4.78 is 19.8. The second-order valence-electron chi connectivity index (χ2n) is 9.04. The number of benzene rings is 1. The number of nitrogens with zero attached hydrogens (tertiary/aromatic N) is 2. The van der Waals surface area contributed by atoms with Gasteiger partial charge in [0.1, 0.15) is 5.82 Å². The largest absolute Gasteiger partial charge is 0.432 e. The Kier molecular flexibility index (Phi) is 7.36. The van der Waals surface area contributed by atoms with Crippen LogP contribution in [0.5, 0.6) is 5.75 Å². The zero-order chi connectivity index (χ0) is 25.0. The first-order chi connectivity index (χ1) is 16.7. The number of aromatic nitrogens is 1. The molecule has 0 unspecified atom stereocenters. The van der Waals surface area contributed by atoms with E-state index in [0.29, 0.717) is 28.7 Å². The molecule has 1 aliphatic carbocycles. The first-order valence-corrected chi connectivity index (χ1v) is 11.6. The maximum Gasteiger partial charge on any atom is 0.354 e. The SMILES string of the molecule is CN1CCC(N/C=C(\C=N)c2cnc(N)c(OC(O)(O)c3cc(C#CC4CC4)ccc3F)c2)CC1. The third kappa shape index (κ3) is 6.36. The second-order valence-corrected chi connectivity index (χ2v) is 9.04. The number of aliphatic hydroxyl groups is 2. The Morgan fingerprint density at radius 3 is 2.71 bits per heavy atom. The normalized spacial score (nSPS) is 17.4. The molecule has 9 heteroatoms. The molecule has 2 aromatic rings. The minimum absolute atomic E-state index is 0.112. The summed E-state index contributed by atoms with van der Waals surface area (Å²) in [4.78, 5) is 6.33. The Bertz CT molecular complexity index is 1180. The van der Waals surface area contributed by atoms with E-state index >= 15 is 0 Å². The van der Waals surface area contributed by atoms with Crippen LogP contribution in [0.3, 0.4) is 0 Å². The summed E-state index contributed by atoms with van der Waals surface area (Å²) in [5, 5.41) is 32.4. The molecule has 1 aliphatic heterocycles. The van der Waals surface area contributed by atoms with Crippen LogP contribution in [0, 0.1) is 29.0 Å². The Balaban J connectivity index is 1.54. The van der Waals surface area contributed by atoms with Crippen molar-refractivity contribution in [2.45, 2.75) is 37.7 Å². The van der Waals surface area contributed by atoms with Crippen LogP contribution in [0.1, 0.15) is 42.4 Å². The van der Waals surface area contributed by atoms with Crippen LogP contribution in [0.2, 0.25) is 0 Å². The molecule has 4 rings (SSSR count). The summed E-state index contributed by atoms with van der Waals surface area (Å²) in [5.41, 5.74) is 6.84. The van der Waals surface area contributed by atoms with Crippen molar-refractivity contribution in [3.8, 4) is 17.6 Å². The highest BCUT2D eigenvalue weighted by atomic mass is 19.1. The molecule has 0 atom stereocenters. The molecule has 35 heavy (non-hydrogen) atoms. The molecule has 1 aromatic heterocycles. The third-order valence-electron chi connectivity index (χ3n) is 6.13. The number of nitrogens with two attached hydrogens (primary N) is 1. The monoisotopic (exact) mass is 479 g/mol. The minimum atomic E-state index is -3.02. The fourth-order valence-corrected chi connectivity index (χ4v) is 3.76. The third-order valence-corrected chi connectivity index (χ3v) is 6.13. The van der Waals surface area contributed by atoms with Crippen molar-refractivity contribution in [3.05, 3.63) is 59.2 Å². The lowest BCUT2D eigenvalue weighted by molar-refractivity contribution is -0.305. The molecule has 2 aliphatic rings. The molecule has 8 nitrogen and oxygen atoms in total. The van der Waals surface area contributed by atoms with Crippen molar-refractivity contribution >= 4 is 17.6 Å². The van der Waals surface area contributed by atoms with Gasteiger partial charge in [-0.2, -0.15) is 0 Å². The van der Waals surface area contributed by atoms with Gasteiger partial charge in [-0.05, 0) is 70.1 Å². The van der Waals surface area contributed by atoms with Crippen molar-refractivity contribution in [3.63, 3.8) is 0 Å². The van der Waals surface area contributed by atoms with E-state index in [1.807, 2.05) is 0 Å². The summed E-state index contributed by atoms with van der Waals surface area (Å²) in [6, 6.07) is 5.55. The van der Waals surface area contributed by atoms with Gasteiger partial charge in [0.15, 0.2) is 11.6 Å². The van der Waals surface area contributed by atoms with Gasteiger partial charge in [-0.1, -0.05) is 11.8 Å². The number of rotatable bonds is 7. The number of hydrogen-bond acceptors (Lipinski definition) is 8.